The van der Waals surface area contributed by atoms with Gasteiger partial charge in [-0.05, 0) is 69.0 Å². The van der Waals surface area contributed by atoms with E-state index in [0.717, 1.165) is 44.8 Å². The van der Waals surface area contributed by atoms with Gasteiger partial charge in [0, 0.05) is 29.9 Å². The monoisotopic (exact) mass is 414 g/mol. The predicted octanol–water partition coefficient (Wildman–Crippen LogP) is 5.79. The molecular formula is C26H30N4O. The van der Waals surface area contributed by atoms with E-state index in [9.17, 15) is 4.79 Å². The molecule has 3 heterocycles. The number of hydrogen-bond donors (Lipinski definition) is 0. The second kappa shape index (κ2) is 7.95. The lowest BCUT2D eigenvalue weighted by Crippen LogP contribution is -2.22. The van der Waals surface area contributed by atoms with Crippen molar-refractivity contribution in [3.63, 3.8) is 0 Å². The molecule has 5 heteroatoms. The highest BCUT2D eigenvalue weighted by molar-refractivity contribution is 5.85. The van der Waals surface area contributed by atoms with Crippen LogP contribution in [0, 0.1) is 13.8 Å². The minimum atomic E-state index is 0.0611. The zero-order valence-corrected chi connectivity index (χ0v) is 18.7. The average molecular weight is 415 g/mol. The van der Waals surface area contributed by atoms with Crippen molar-refractivity contribution < 1.29 is 0 Å². The van der Waals surface area contributed by atoms with E-state index in [-0.39, 0.29) is 5.56 Å². The van der Waals surface area contributed by atoms with Crippen LogP contribution in [0.15, 0.2) is 41.2 Å². The SMILES string of the molecule is CCn1c(=O)c2ccc(-c3cc(C)nc(C)c3)cc2n2nc(C3CCCCCC3)cc12. The van der Waals surface area contributed by atoms with Crippen LogP contribution in [-0.4, -0.2) is 19.2 Å². The van der Waals surface area contributed by atoms with Gasteiger partial charge in [-0.3, -0.25) is 14.3 Å². The molecule has 0 unspecified atom stereocenters. The first kappa shape index (κ1) is 20.0. The fourth-order valence-corrected chi connectivity index (χ4v) is 5.16. The van der Waals surface area contributed by atoms with Crippen LogP contribution in [0.25, 0.3) is 27.7 Å². The van der Waals surface area contributed by atoms with Crippen LogP contribution in [0.1, 0.15) is 68.4 Å². The molecule has 3 aromatic heterocycles. The lowest BCUT2D eigenvalue weighted by Gasteiger charge is -2.11. The van der Waals surface area contributed by atoms with Gasteiger partial charge in [0.05, 0.1) is 16.6 Å². The molecule has 1 fully saturated rings. The van der Waals surface area contributed by atoms with Crippen molar-refractivity contribution in [2.75, 3.05) is 0 Å². The van der Waals surface area contributed by atoms with Crippen LogP contribution in [0.5, 0.6) is 0 Å². The smallest absolute Gasteiger partial charge is 0.261 e. The van der Waals surface area contributed by atoms with Gasteiger partial charge in [-0.1, -0.05) is 31.7 Å². The molecule has 0 amide bonds. The number of aromatic nitrogens is 4. The molecule has 0 saturated heterocycles. The van der Waals surface area contributed by atoms with Gasteiger partial charge in [0.2, 0.25) is 0 Å². The summed E-state index contributed by atoms with van der Waals surface area (Å²) in [5, 5.41) is 5.79. The lowest BCUT2D eigenvalue weighted by molar-refractivity contribution is 0.574. The highest BCUT2D eigenvalue weighted by Gasteiger charge is 2.20. The summed E-state index contributed by atoms with van der Waals surface area (Å²) in [7, 11) is 0. The minimum Gasteiger partial charge on any atom is -0.293 e. The number of aryl methyl sites for hydroxylation is 3. The molecule has 31 heavy (non-hydrogen) atoms. The van der Waals surface area contributed by atoms with E-state index in [1.807, 2.05) is 42.0 Å². The normalized spacial score (nSPS) is 15.6. The van der Waals surface area contributed by atoms with Gasteiger partial charge in [0.25, 0.3) is 5.56 Å². The third-order valence-corrected chi connectivity index (χ3v) is 6.69. The summed E-state index contributed by atoms with van der Waals surface area (Å²) in [6, 6.07) is 12.5. The van der Waals surface area contributed by atoms with Gasteiger partial charge in [-0.25, -0.2) is 4.52 Å². The first-order valence-electron chi connectivity index (χ1n) is 11.6. The van der Waals surface area contributed by atoms with Crippen LogP contribution < -0.4 is 5.56 Å². The Morgan fingerprint density at radius 3 is 2.32 bits per heavy atom. The number of pyridine rings is 1. The Labute approximate surface area is 182 Å². The molecule has 0 radical (unpaired) electrons. The van der Waals surface area contributed by atoms with E-state index in [2.05, 4.69) is 29.2 Å². The van der Waals surface area contributed by atoms with E-state index in [1.165, 1.54) is 38.5 Å². The summed E-state index contributed by atoms with van der Waals surface area (Å²) in [6.45, 7) is 6.70. The number of rotatable bonds is 3. The fourth-order valence-electron chi connectivity index (χ4n) is 5.16. The summed E-state index contributed by atoms with van der Waals surface area (Å²) >= 11 is 0. The standard InChI is InChI=1S/C26H30N4O/c1-4-29-25-16-23(19-9-7-5-6-8-10-19)28-30(25)24-15-20(11-12-22(24)26(29)31)21-13-17(2)27-18(3)14-21/h11-16,19H,4-10H2,1-3H3. The van der Waals surface area contributed by atoms with Gasteiger partial charge < -0.3 is 0 Å². The van der Waals surface area contributed by atoms with Crippen molar-refractivity contribution >= 4 is 16.6 Å². The maximum Gasteiger partial charge on any atom is 0.261 e. The van der Waals surface area contributed by atoms with Gasteiger partial charge >= 0.3 is 0 Å². The summed E-state index contributed by atoms with van der Waals surface area (Å²) < 4.78 is 3.86. The molecule has 160 valence electrons. The van der Waals surface area contributed by atoms with Gasteiger partial charge in [0.15, 0.2) is 0 Å². The largest absolute Gasteiger partial charge is 0.293 e. The van der Waals surface area contributed by atoms with Crippen molar-refractivity contribution in [1.82, 2.24) is 19.2 Å². The highest BCUT2D eigenvalue weighted by atomic mass is 16.1. The molecule has 0 bridgehead atoms. The molecule has 0 aliphatic heterocycles. The third-order valence-electron chi connectivity index (χ3n) is 6.69. The Hall–Kier alpha value is -2.95. The van der Waals surface area contributed by atoms with E-state index in [4.69, 9.17) is 5.10 Å². The van der Waals surface area contributed by atoms with Gasteiger partial charge in [-0.2, -0.15) is 5.10 Å². The first-order valence-corrected chi connectivity index (χ1v) is 11.6. The number of hydrogen-bond acceptors (Lipinski definition) is 3. The summed E-state index contributed by atoms with van der Waals surface area (Å²) in [4.78, 5) is 17.8. The molecular weight excluding hydrogens is 384 g/mol. The van der Waals surface area contributed by atoms with Crippen LogP contribution >= 0.6 is 0 Å². The van der Waals surface area contributed by atoms with Crippen molar-refractivity contribution in [3.8, 4) is 11.1 Å². The van der Waals surface area contributed by atoms with E-state index in [0.29, 0.717) is 12.5 Å². The number of fused-ring (bicyclic) bond motifs is 3. The predicted molar refractivity (Wildman–Crippen MR) is 126 cm³/mol. The van der Waals surface area contributed by atoms with Crippen LogP contribution in [0.3, 0.4) is 0 Å². The Balaban J connectivity index is 1.74. The van der Waals surface area contributed by atoms with Crippen molar-refractivity contribution in [3.05, 3.63) is 63.8 Å². The van der Waals surface area contributed by atoms with E-state index < -0.39 is 0 Å². The average Bonchev–Trinajstić information content (AvgIpc) is 3.00. The highest BCUT2D eigenvalue weighted by Crippen LogP contribution is 2.32. The second-order valence-electron chi connectivity index (χ2n) is 8.95. The fraction of sp³-hybridized carbons (Fsp3) is 0.423. The molecule has 5 rings (SSSR count). The molecule has 0 N–H and O–H groups in total. The first-order chi connectivity index (χ1) is 15.0. The molecule has 4 aromatic rings. The molecule has 1 aliphatic rings. The topological polar surface area (TPSA) is 52.2 Å². The van der Waals surface area contributed by atoms with Gasteiger partial charge in [-0.15, -0.1) is 0 Å². The zero-order valence-electron chi connectivity index (χ0n) is 18.7. The lowest BCUT2D eigenvalue weighted by atomic mass is 9.97. The van der Waals surface area contributed by atoms with E-state index in [1.54, 1.807) is 0 Å². The maximum atomic E-state index is 13.3. The molecule has 0 atom stereocenters. The third kappa shape index (κ3) is 3.56. The summed E-state index contributed by atoms with van der Waals surface area (Å²) in [6.07, 6.45) is 7.56. The van der Waals surface area contributed by atoms with Crippen molar-refractivity contribution in [2.45, 2.75) is 71.8 Å². The summed E-state index contributed by atoms with van der Waals surface area (Å²) in [5.74, 6) is 0.492. The van der Waals surface area contributed by atoms with Crippen molar-refractivity contribution in [1.29, 1.82) is 0 Å². The molecule has 5 nitrogen and oxygen atoms in total. The number of nitrogens with zero attached hydrogens (tertiary/aromatic N) is 4. The Kier molecular flexibility index (Phi) is 5.12. The van der Waals surface area contributed by atoms with Crippen LogP contribution in [0.4, 0.5) is 0 Å². The Bertz CT molecular complexity index is 1300. The molecule has 1 aliphatic carbocycles. The maximum absolute atomic E-state index is 13.3. The number of benzene rings is 1. The van der Waals surface area contributed by atoms with Crippen LogP contribution in [-0.2, 0) is 6.54 Å². The minimum absolute atomic E-state index is 0.0611. The van der Waals surface area contributed by atoms with Crippen LogP contribution in [0.2, 0.25) is 0 Å². The Morgan fingerprint density at radius 2 is 1.65 bits per heavy atom. The molecule has 1 aromatic carbocycles. The zero-order chi connectivity index (χ0) is 21.5. The Morgan fingerprint density at radius 1 is 0.935 bits per heavy atom. The molecule has 1 saturated carbocycles. The molecule has 0 spiro atoms. The van der Waals surface area contributed by atoms with Crippen molar-refractivity contribution in [2.24, 2.45) is 0 Å². The second-order valence-corrected chi connectivity index (χ2v) is 8.95. The van der Waals surface area contributed by atoms with Gasteiger partial charge in [0.1, 0.15) is 5.65 Å². The summed E-state index contributed by atoms with van der Waals surface area (Å²) in [5.41, 5.74) is 7.18. The quantitative estimate of drug-likeness (QED) is 0.399. The van der Waals surface area contributed by atoms with E-state index >= 15 is 0 Å².